The van der Waals surface area contributed by atoms with E-state index in [4.69, 9.17) is 11.6 Å². The molecule has 0 aromatic carbocycles. The summed E-state index contributed by atoms with van der Waals surface area (Å²) in [5, 5.41) is 0. The maximum absolute atomic E-state index is 5.60. The van der Waals surface area contributed by atoms with Crippen LogP contribution in [-0.4, -0.2) is 20.8 Å². The molecule has 3 nitrogen and oxygen atoms in total. The van der Waals surface area contributed by atoms with Crippen LogP contribution >= 0.6 is 11.6 Å². The molecule has 0 saturated carbocycles. The number of aryl methyl sites for hydroxylation is 1. The van der Waals surface area contributed by atoms with E-state index in [9.17, 15) is 0 Å². The summed E-state index contributed by atoms with van der Waals surface area (Å²) >= 11 is 5.60. The zero-order valence-electron chi connectivity index (χ0n) is 7.05. The van der Waals surface area contributed by atoms with Crippen LogP contribution in [0.25, 0.3) is 11.4 Å². The van der Waals surface area contributed by atoms with Crippen molar-refractivity contribution < 1.29 is 0 Å². The number of hydrogen-bond acceptors (Lipinski definition) is 1. The van der Waals surface area contributed by atoms with Gasteiger partial charge in [0.15, 0.2) is 0 Å². The van der Waals surface area contributed by atoms with Crippen LogP contribution in [-0.2, 0) is 6.42 Å². The first-order chi connectivity index (χ1) is 6.40. The number of aromatic amines is 2. The maximum atomic E-state index is 5.60. The molecule has 13 heavy (non-hydrogen) atoms. The number of nitrogens with zero attached hydrogens (tertiary/aromatic N) is 1. The van der Waals surface area contributed by atoms with Crippen LogP contribution in [0, 0.1) is 0 Å². The van der Waals surface area contributed by atoms with Crippen molar-refractivity contribution in [2.24, 2.45) is 0 Å². The Kier molecular flexibility index (Phi) is 2.36. The number of hydrogen-bond donors (Lipinski definition) is 2. The highest BCUT2D eigenvalue weighted by Gasteiger charge is 2.02. The molecule has 2 aromatic heterocycles. The highest BCUT2D eigenvalue weighted by atomic mass is 35.5. The van der Waals surface area contributed by atoms with Crippen molar-refractivity contribution in [1.29, 1.82) is 0 Å². The van der Waals surface area contributed by atoms with Gasteiger partial charge in [0.2, 0.25) is 0 Å². The normalized spacial score (nSPS) is 10.5. The molecule has 0 unspecified atom stereocenters. The zero-order valence-corrected chi connectivity index (χ0v) is 7.80. The van der Waals surface area contributed by atoms with Gasteiger partial charge >= 0.3 is 0 Å². The molecule has 0 aliphatic heterocycles. The highest BCUT2D eigenvalue weighted by Crippen LogP contribution is 2.13. The average molecular weight is 196 g/mol. The van der Waals surface area contributed by atoms with Crippen LogP contribution in [0.1, 0.15) is 5.82 Å². The molecule has 0 atom stereocenters. The first kappa shape index (κ1) is 8.38. The second kappa shape index (κ2) is 3.66. The highest BCUT2D eigenvalue weighted by molar-refractivity contribution is 6.17. The van der Waals surface area contributed by atoms with Crippen molar-refractivity contribution in [3.63, 3.8) is 0 Å². The molecule has 0 amide bonds. The summed E-state index contributed by atoms with van der Waals surface area (Å²) in [6.45, 7) is 0. The molecule has 4 heteroatoms. The van der Waals surface area contributed by atoms with Gasteiger partial charge in [0.25, 0.3) is 0 Å². The van der Waals surface area contributed by atoms with Crippen molar-refractivity contribution in [1.82, 2.24) is 15.0 Å². The molecular formula is C9H10ClN3. The van der Waals surface area contributed by atoms with E-state index in [0.29, 0.717) is 5.88 Å². The Bertz CT molecular complexity index is 364. The van der Waals surface area contributed by atoms with Gasteiger partial charge in [-0.1, -0.05) is 0 Å². The summed E-state index contributed by atoms with van der Waals surface area (Å²) in [7, 11) is 0. The lowest BCUT2D eigenvalue weighted by atomic mass is 10.3. The van der Waals surface area contributed by atoms with Crippen LogP contribution in [0.2, 0.25) is 0 Å². The summed E-state index contributed by atoms with van der Waals surface area (Å²) < 4.78 is 0. The second-order valence-electron chi connectivity index (χ2n) is 2.77. The quantitative estimate of drug-likeness (QED) is 0.725. The molecule has 0 saturated heterocycles. The Balaban J connectivity index is 2.23. The minimum Gasteiger partial charge on any atom is -0.360 e. The zero-order chi connectivity index (χ0) is 9.10. The standard InChI is InChI=1S/C9H10ClN3/c10-4-3-9-12-6-8(13-9)7-2-1-5-11-7/h1-2,5-6,11H,3-4H2,(H,12,13). The van der Waals surface area contributed by atoms with Crippen LogP contribution in [0.3, 0.4) is 0 Å². The monoisotopic (exact) mass is 195 g/mol. The molecule has 2 N–H and O–H groups in total. The Labute approximate surface area is 81.2 Å². The molecule has 68 valence electrons. The van der Waals surface area contributed by atoms with E-state index in [0.717, 1.165) is 23.6 Å². The molecule has 0 radical (unpaired) electrons. The van der Waals surface area contributed by atoms with E-state index >= 15 is 0 Å². The first-order valence-corrected chi connectivity index (χ1v) is 4.67. The fourth-order valence-electron chi connectivity index (χ4n) is 1.21. The van der Waals surface area contributed by atoms with Gasteiger partial charge in [-0.05, 0) is 12.1 Å². The third-order valence-electron chi connectivity index (χ3n) is 1.85. The number of halogens is 1. The van der Waals surface area contributed by atoms with Crippen molar-refractivity contribution in [2.45, 2.75) is 6.42 Å². The lowest BCUT2D eigenvalue weighted by molar-refractivity contribution is 0.996. The predicted octanol–water partition coefficient (Wildman–Crippen LogP) is 2.19. The molecule has 0 aliphatic rings. The number of aromatic nitrogens is 3. The van der Waals surface area contributed by atoms with Crippen LogP contribution in [0.4, 0.5) is 0 Å². The fraction of sp³-hybridized carbons (Fsp3) is 0.222. The van der Waals surface area contributed by atoms with Gasteiger partial charge in [0, 0.05) is 18.5 Å². The van der Waals surface area contributed by atoms with E-state index in [-0.39, 0.29) is 0 Å². The predicted molar refractivity (Wildman–Crippen MR) is 52.8 cm³/mol. The van der Waals surface area contributed by atoms with Gasteiger partial charge < -0.3 is 9.97 Å². The van der Waals surface area contributed by atoms with Crippen molar-refractivity contribution in [3.8, 4) is 11.4 Å². The minimum absolute atomic E-state index is 0.595. The van der Waals surface area contributed by atoms with E-state index in [1.54, 1.807) is 0 Å². The van der Waals surface area contributed by atoms with Gasteiger partial charge in [-0.25, -0.2) is 4.98 Å². The van der Waals surface area contributed by atoms with E-state index in [2.05, 4.69) is 15.0 Å². The number of rotatable bonds is 3. The van der Waals surface area contributed by atoms with Crippen molar-refractivity contribution in [2.75, 3.05) is 5.88 Å². The summed E-state index contributed by atoms with van der Waals surface area (Å²) in [6.07, 6.45) is 4.48. The third kappa shape index (κ3) is 1.75. The summed E-state index contributed by atoms with van der Waals surface area (Å²) in [5.74, 6) is 1.53. The first-order valence-electron chi connectivity index (χ1n) is 4.14. The number of nitrogens with one attached hydrogen (secondary N) is 2. The van der Waals surface area contributed by atoms with Gasteiger partial charge in [-0.15, -0.1) is 11.6 Å². The Morgan fingerprint density at radius 2 is 2.31 bits per heavy atom. The lowest BCUT2D eigenvalue weighted by Gasteiger charge is -1.91. The average Bonchev–Trinajstić information content (AvgIpc) is 2.70. The van der Waals surface area contributed by atoms with Gasteiger partial charge in [-0.3, -0.25) is 0 Å². The molecule has 0 spiro atoms. The third-order valence-corrected chi connectivity index (χ3v) is 2.04. The van der Waals surface area contributed by atoms with Crippen LogP contribution in [0.15, 0.2) is 24.5 Å². The Morgan fingerprint density at radius 1 is 1.38 bits per heavy atom. The second-order valence-corrected chi connectivity index (χ2v) is 3.14. The van der Waals surface area contributed by atoms with Crippen LogP contribution < -0.4 is 0 Å². The Hall–Kier alpha value is -1.22. The molecular weight excluding hydrogens is 186 g/mol. The summed E-state index contributed by atoms with van der Waals surface area (Å²) in [6, 6.07) is 3.95. The SMILES string of the molecule is ClCCc1ncc(-c2ccc[nH]2)[nH]1. The summed E-state index contributed by atoms with van der Waals surface area (Å²) in [4.78, 5) is 10.5. The van der Waals surface area contributed by atoms with Gasteiger partial charge in [0.05, 0.1) is 17.6 Å². The molecule has 2 aromatic rings. The van der Waals surface area contributed by atoms with E-state index in [1.165, 1.54) is 0 Å². The topological polar surface area (TPSA) is 44.5 Å². The van der Waals surface area contributed by atoms with Crippen LogP contribution in [0.5, 0.6) is 0 Å². The number of alkyl halides is 1. The van der Waals surface area contributed by atoms with Crippen molar-refractivity contribution in [3.05, 3.63) is 30.4 Å². The maximum Gasteiger partial charge on any atom is 0.107 e. The molecule has 0 bridgehead atoms. The van der Waals surface area contributed by atoms with Gasteiger partial charge in [0.1, 0.15) is 5.82 Å². The van der Waals surface area contributed by atoms with E-state index < -0.39 is 0 Å². The number of imidazole rings is 1. The van der Waals surface area contributed by atoms with Gasteiger partial charge in [-0.2, -0.15) is 0 Å². The fourth-order valence-corrected chi connectivity index (χ4v) is 1.39. The summed E-state index contributed by atoms with van der Waals surface area (Å²) in [5.41, 5.74) is 2.05. The van der Waals surface area contributed by atoms with E-state index in [1.807, 2.05) is 24.5 Å². The molecule has 0 fully saturated rings. The van der Waals surface area contributed by atoms with Crippen molar-refractivity contribution >= 4 is 11.6 Å². The molecule has 0 aliphatic carbocycles. The smallest absolute Gasteiger partial charge is 0.107 e. The molecule has 2 heterocycles. The molecule has 2 rings (SSSR count). The number of H-pyrrole nitrogens is 2. The largest absolute Gasteiger partial charge is 0.360 e. The Morgan fingerprint density at radius 3 is 3.00 bits per heavy atom. The lowest BCUT2D eigenvalue weighted by Crippen LogP contribution is -1.88. The minimum atomic E-state index is 0.595.